The molecule has 2 aliphatic heterocycles. The van der Waals surface area contributed by atoms with Crippen molar-refractivity contribution in [3.8, 4) is 0 Å². The van der Waals surface area contributed by atoms with Crippen molar-refractivity contribution in [2.45, 2.75) is 52.1 Å². The number of ether oxygens (including phenoxy) is 1. The maximum Gasteiger partial charge on any atom is 0.232 e. The van der Waals surface area contributed by atoms with Crippen molar-refractivity contribution in [1.29, 1.82) is 0 Å². The molecular formula is C20H27N5O2S. The minimum Gasteiger partial charge on any atom is -0.383 e. The van der Waals surface area contributed by atoms with E-state index in [9.17, 15) is 4.79 Å². The van der Waals surface area contributed by atoms with Crippen LogP contribution in [0.2, 0.25) is 0 Å². The lowest BCUT2D eigenvalue weighted by molar-refractivity contribution is -0.117. The summed E-state index contributed by atoms with van der Waals surface area (Å²) in [5.74, 6) is 1.67. The molecule has 1 saturated heterocycles. The van der Waals surface area contributed by atoms with Crippen molar-refractivity contribution in [2.24, 2.45) is 0 Å². The number of anilines is 1. The van der Waals surface area contributed by atoms with Crippen LogP contribution in [0.3, 0.4) is 0 Å². The standard InChI is InChI=1S/C20H27N5O2S/c1-13-15-10-17(26)25(8-9-27-4)18(15)23-19(22-13)20(3)6-5-7-24(20)11-16-14(2)21-12-28-16/h12H,5-11H2,1-4H3/t20-/m1/s1. The average Bonchev–Trinajstić information content (AvgIpc) is 3.33. The largest absolute Gasteiger partial charge is 0.383 e. The number of carbonyl (C=O) groups excluding carboxylic acids is 1. The molecular weight excluding hydrogens is 374 g/mol. The average molecular weight is 402 g/mol. The summed E-state index contributed by atoms with van der Waals surface area (Å²) in [5.41, 5.74) is 4.63. The highest BCUT2D eigenvalue weighted by Gasteiger charge is 2.43. The third-order valence-electron chi connectivity index (χ3n) is 6.05. The Kier molecular flexibility index (Phi) is 5.20. The Bertz CT molecular complexity index is 899. The zero-order valence-electron chi connectivity index (χ0n) is 17.0. The first-order chi connectivity index (χ1) is 13.4. The minimum absolute atomic E-state index is 0.0790. The Hall–Kier alpha value is -1.90. The Morgan fingerprint density at radius 2 is 2.11 bits per heavy atom. The van der Waals surface area contributed by atoms with Crippen molar-refractivity contribution in [3.63, 3.8) is 0 Å². The number of hydrogen-bond acceptors (Lipinski definition) is 7. The SMILES string of the molecule is COCCN1C(=O)Cc2c(C)nc([C@@]3(C)CCCN3Cc3scnc3C)nc21. The molecule has 2 aromatic heterocycles. The Morgan fingerprint density at radius 3 is 2.82 bits per heavy atom. The second-order valence-corrected chi connectivity index (χ2v) is 8.75. The molecule has 0 radical (unpaired) electrons. The maximum atomic E-state index is 12.5. The molecule has 2 aliphatic rings. The molecule has 28 heavy (non-hydrogen) atoms. The van der Waals surface area contributed by atoms with E-state index in [2.05, 4.69) is 23.7 Å². The zero-order chi connectivity index (χ0) is 19.9. The fourth-order valence-corrected chi connectivity index (χ4v) is 5.00. The monoisotopic (exact) mass is 401 g/mol. The summed E-state index contributed by atoms with van der Waals surface area (Å²) in [6.07, 6.45) is 2.50. The summed E-state index contributed by atoms with van der Waals surface area (Å²) in [4.78, 5) is 32.2. The Labute approximate surface area is 169 Å². The van der Waals surface area contributed by atoms with Gasteiger partial charge in [0.05, 0.1) is 36.3 Å². The van der Waals surface area contributed by atoms with Gasteiger partial charge in [0.25, 0.3) is 0 Å². The van der Waals surface area contributed by atoms with Crippen LogP contribution in [-0.4, -0.2) is 52.6 Å². The van der Waals surface area contributed by atoms with Gasteiger partial charge in [0, 0.05) is 29.8 Å². The van der Waals surface area contributed by atoms with Gasteiger partial charge in [-0.1, -0.05) is 0 Å². The lowest BCUT2D eigenvalue weighted by Crippen LogP contribution is -2.40. The van der Waals surface area contributed by atoms with Gasteiger partial charge in [-0.25, -0.2) is 15.0 Å². The smallest absolute Gasteiger partial charge is 0.232 e. The van der Waals surface area contributed by atoms with Crippen LogP contribution in [0.5, 0.6) is 0 Å². The summed E-state index contributed by atoms with van der Waals surface area (Å²) >= 11 is 1.70. The van der Waals surface area contributed by atoms with Crippen molar-refractivity contribution in [2.75, 3.05) is 31.7 Å². The van der Waals surface area contributed by atoms with E-state index in [1.165, 1.54) is 4.88 Å². The molecule has 8 heteroatoms. The van der Waals surface area contributed by atoms with E-state index in [1.807, 2.05) is 12.4 Å². The van der Waals surface area contributed by atoms with Crippen molar-refractivity contribution in [1.82, 2.24) is 19.9 Å². The lowest BCUT2D eigenvalue weighted by Gasteiger charge is -2.34. The first kappa shape index (κ1) is 19.4. The molecule has 0 bridgehead atoms. The molecule has 4 rings (SSSR count). The quantitative estimate of drug-likeness (QED) is 0.741. The number of rotatable bonds is 6. The van der Waals surface area contributed by atoms with Crippen LogP contribution in [0.15, 0.2) is 5.51 Å². The van der Waals surface area contributed by atoms with Crippen molar-refractivity contribution >= 4 is 23.1 Å². The minimum atomic E-state index is -0.241. The van der Waals surface area contributed by atoms with Crippen LogP contribution in [0.1, 0.15) is 47.4 Å². The van der Waals surface area contributed by atoms with Crippen LogP contribution in [-0.2, 0) is 28.0 Å². The third-order valence-corrected chi connectivity index (χ3v) is 6.97. The van der Waals surface area contributed by atoms with Crippen molar-refractivity contribution < 1.29 is 9.53 Å². The third kappa shape index (κ3) is 3.23. The number of carbonyl (C=O) groups is 1. The number of hydrogen-bond donors (Lipinski definition) is 0. The number of amides is 1. The number of aryl methyl sites for hydroxylation is 2. The van der Waals surface area contributed by atoms with Gasteiger partial charge in [-0.15, -0.1) is 11.3 Å². The van der Waals surface area contributed by atoms with Gasteiger partial charge in [-0.3, -0.25) is 14.6 Å². The van der Waals surface area contributed by atoms with E-state index in [1.54, 1.807) is 23.3 Å². The molecule has 1 amide bonds. The molecule has 2 aromatic rings. The van der Waals surface area contributed by atoms with Gasteiger partial charge in [-0.2, -0.15) is 0 Å². The topological polar surface area (TPSA) is 71.5 Å². The highest BCUT2D eigenvalue weighted by molar-refractivity contribution is 7.09. The summed E-state index contributed by atoms with van der Waals surface area (Å²) < 4.78 is 5.18. The highest BCUT2D eigenvalue weighted by Crippen LogP contribution is 2.40. The summed E-state index contributed by atoms with van der Waals surface area (Å²) in [6.45, 7) is 9.18. The molecule has 0 spiro atoms. The van der Waals surface area contributed by atoms with Crippen LogP contribution in [0.25, 0.3) is 0 Å². The van der Waals surface area contributed by atoms with E-state index < -0.39 is 0 Å². The molecule has 0 saturated carbocycles. The number of aromatic nitrogens is 3. The second kappa shape index (κ2) is 7.50. The van der Waals surface area contributed by atoms with E-state index in [4.69, 9.17) is 14.7 Å². The normalized spacial score (nSPS) is 22.3. The molecule has 0 unspecified atom stereocenters. The van der Waals surface area contributed by atoms with Gasteiger partial charge >= 0.3 is 0 Å². The molecule has 4 heterocycles. The lowest BCUT2D eigenvalue weighted by atomic mass is 9.97. The molecule has 0 N–H and O–H groups in total. The number of thiazole rings is 1. The van der Waals surface area contributed by atoms with E-state index >= 15 is 0 Å². The molecule has 1 fully saturated rings. The zero-order valence-corrected chi connectivity index (χ0v) is 17.8. The molecule has 0 aliphatic carbocycles. The summed E-state index contributed by atoms with van der Waals surface area (Å²) in [5, 5.41) is 0. The van der Waals surface area contributed by atoms with Crippen molar-refractivity contribution in [3.05, 3.63) is 33.2 Å². The second-order valence-electron chi connectivity index (χ2n) is 7.81. The number of fused-ring (bicyclic) bond motifs is 1. The Morgan fingerprint density at radius 1 is 1.29 bits per heavy atom. The van der Waals surface area contributed by atoms with E-state index in [-0.39, 0.29) is 11.4 Å². The van der Waals surface area contributed by atoms with Crippen LogP contribution in [0, 0.1) is 13.8 Å². The molecule has 7 nitrogen and oxygen atoms in total. The molecule has 150 valence electrons. The predicted octanol–water partition coefficient (Wildman–Crippen LogP) is 2.60. The first-order valence-electron chi connectivity index (χ1n) is 9.75. The van der Waals surface area contributed by atoms with Gasteiger partial charge < -0.3 is 4.74 Å². The Balaban J connectivity index is 1.68. The number of methoxy groups -OCH3 is 1. The number of likely N-dealkylation sites (tertiary alicyclic amines) is 1. The highest BCUT2D eigenvalue weighted by atomic mass is 32.1. The van der Waals surface area contributed by atoms with Gasteiger partial charge in [0.1, 0.15) is 5.82 Å². The van der Waals surface area contributed by atoms with Gasteiger partial charge in [-0.05, 0) is 40.2 Å². The van der Waals surface area contributed by atoms with E-state index in [0.717, 1.165) is 54.5 Å². The van der Waals surface area contributed by atoms with Gasteiger partial charge in [0.2, 0.25) is 5.91 Å². The number of nitrogens with zero attached hydrogens (tertiary/aromatic N) is 5. The predicted molar refractivity (Wildman–Crippen MR) is 109 cm³/mol. The summed E-state index contributed by atoms with van der Waals surface area (Å²) in [7, 11) is 1.65. The van der Waals surface area contributed by atoms with Crippen LogP contribution >= 0.6 is 11.3 Å². The van der Waals surface area contributed by atoms with Crippen LogP contribution in [0.4, 0.5) is 5.82 Å². The fraction of sp³-hybridized carbons (Fsp3) is 0.600. The molecule has 0 aromatic carbocycles. The van der Waals surface area contributed by atoms with Crippen LogP contribution < -0.4 is 4.90 Å². The van der Waals surface area contributed by atoms with E-state index in [0.29, 0.717) is 19.6 Å². The summed E-state index contributed by atoms with van der Waals surface area (Å²) in [6, 6.07) is 0. The molecule has 1 atom stereocenters. The first-order valence-corrected chi connectivity index (χ1v) is 10.6. The van der Waals surface area contributed by atoms with Gasteiger partial charge in [0.15, 0.2) is 5.82 Å². The maximum absolute atomic E-state index is 12.5. The fourth-order valence-electron chi connectivity index (χ4n) is 4.21.